The molecule has 3 atom stereocenters. The van der Waals surface area contributed by atoms with E-state index in [1.165, 1.54) is 64.2 Å². The average Bonchev–Trinajstić information content (AvgIpc) is 3.21. The third-order valence-electron chi connectivity index (χ3n) is 7.50. The fourth-order valence-electron chi connectivity index (χ4n) is 6.00. The van der Waals surface area contributed by atoms with E-state index in [2.05, 4.69) is 9.80 Å². The van der Waals surface area contributed by atoms with E-state index in [0.29, 0.717) is 12.1 Å². The lowest BCUT2D eigenvalue weighted by molar-refractivity contribution is -0.0471. The van der Waals surface area contributed by atoms with Crippen LogP contribution in [-0.4, -0.2) is 70.0 Å². The van der Waals surface area contributed by atoms with Crippen molar-refractivity contribution in [2.75, 3.05) is 26.2 Å². The second-order valence-corrected chi connectivity index (χ2v) is 9.04. The minimum Gasteiger partial charge on any atom is -0.391 e. The van der Waals surface area contributed by atoms with Gasteiger partial charge in [-0.25, -0.2) is 0 Å². The number of aliphatic hydroxyl groups excluding tert-OH is 1. The summed E-state index contributed by atoms with van der Waals surface area (Å²) in [6, 6.07) is 1.33. The standard InChI is InChI=1S/C20H36N2O2/c23-19-14-22(17-9-5-2-6-10-17)13-18(19)20(24)11-12-21(15-20)16-7-3-1-4-8-16/h16-19,23-24H,1-15H2. The Kier molecular flexibility index (Phi) is 5.19. The van der Waals surface area contributed by atoms with Crippen molar-refractivity contribution in [3.63, 3.8) is 0 Å². The van der Waals surface area contributed by atoms with Crippen LogP contribution >= 0.6 is 0 Å². The molecule has 0 radical (unpaired) electrons. The third kappa shape index (κ3) is 3.40. The van der Waals surface area contributed by atoms with Crippen LogP contribution in [0.25, 0.3) is 0 Å². The number of hydrogen-bond donors (Lipinski definition) is 2. The monoisotopic (exact) mass is 336 g/mol. The highest BCUT2D eigenvalue weighted by Crippen LogP contribution is 2.39. The Hall–Kier alpha value is -0.160. The van der Waals surface area contributed by atoms with Gasteiger partial charge in [0, 0.05) is 44.2 Å². The molecule has 0 aromatic heterocycles. The number of nitrogens with zero attached hydrogens (tertiary/aromatic N) is 2. The minimum absolute atomic E-state index is 0.0491. The van der Waals surface area contributed by atoms with Crippen LogP contribution in [0.2, 0.25) is 0 Å². The smallest absolute Gasteiger partial charge is 0.0851 e. The average molecular weight is 337 g/mol. The van der Waals surface area contributed by atoms with E-state index in [1.807, 2.05) is 0 Å². The van der Waals surface area contributed by atoms with Gasteiger partial charge in [-0.2, -0.15) is 0 Å². The first-order chi connectivity index (χ1) is 11.7. The molecule has 0 spiro atoms. The van der Waals surface area contributed by atoms with Gasteiger partial charge in [0.1, 0.15) is 0 Å². The van der Waals surface area contributed by atoms with Crippen molar-refractivity contribution in [2.45, 2.75) is 94.4 Å². The van der Waals surface area contributed by atoms with Gasteiger partial charge in [0.2, 0.25) is 0 Å². The maximum Gasteiger partial charge on any atom is 0.0851 e. The Morgan fingerprint density at radius 2 is 1.33 bits per heavy atom. The van der Waals surface area contributed by atoms with Crippen LogP contribution in [0.3, 0.4) is 0 Å². The Morgan fingerprint density at radius 3 is 1.96 bits per heavy atom. The Morgan fingerprint density at radius 1 is 0.750 bits per heavy atom. The van der Waals surface area contributed by atoms with Crippen molar-refractivity contribution >= 4 is 0 Å². The lowest BCUT2D eigenvalue weighted by atomic mass is 9.84. The van der Waals surface area contributed by atoms with Crippen LogP contribution in [0.4, 0.5) is 0 Å². The zero-order valence-electron chi connectivity index (χ0n) is 15.2. The predicted octanol–water partition coefficient (Wildman–Crippen LogP) is 2.38. The highest BCUT2D eigenvalue weighted by Gasteiger charge is 2.51. The minimum atomic E-state index is -0.666. The van der Waals surface area contributed by atoms with Crippen molar-refractivity contribution in [1.82, 2.24) is 9.80 Å². The molecule has 138 valence electrons. The summed E-state index contributed by atoms with van der Waals surface area (Å²) >= 11 is 0. The van der Waals surface area contributed by atoms with Crippen molar-refractivity contribution in [3.05, 3.63) is 0 Å². The number of rotatable bonds is 3. The Labute approximate surface area is 147 Å². The van der Waals surface area contributed by atoms with Crippen molar-refractivity contribution in [3.8, 4) is 0 Å². The molecule has 24 heavy (non-hydrogen) atoms. The summed E-state index contributed by atoms with van der Waals surface area (Å²) in [4.78, 5) is 5.03. The SMILES string of the molecule is OC1CN(C2CCCCC2)CC1C1(O)CCN(C2CCCCC2)C1. The van der Waals surface area contributed by atoms with Gasteiger partial charge >= 0.3 is 0 Å². The van der Waals surface area contributed by atoms with E-state index in [1.54, 1.807) is 0 Å². The van der Waals surface area contributed by atoms with Gasteiger partial charge in [-0.05, 0) is 32.1 Å². The predicted molar refractivity (Wildman–Crippen MR) is 96.0 cm³/mol. The van der Waals surface area contributed by atoms with E-state index < -0.39 is 5.60 Å². The highest BCUT2D eigenvalue weighted by molar-refractivity contribution is 5.04. The van der Waals surface area contributed by atoms with Crippen molar-refractivity contribution in [2.24, 2.45) is 5.92 Å². The topological polar surface area (TPSA) is 46.9 Å². The van der Waals surface area contributed by atoms with Gasteiger partial charge in [0.05, 0.1) is 11.7 Å². The summed E-state index contributed by atoms with van der Waals surface area (Å²) in [5.41, 5.74) is -0.666. The molecule has 2 N–H and O–H groups in total. The molecule has 2 saturated carbocycles. The van der Waals surface area contributed by atoms with E-state index in [9.17, 15) is 10.2 Å². The quantitative estimate of drug-likeness (QED) is 0.831. The maximum absolute atomic E-state index is 11.4. The molecule has 4 aliphatic rings. The van der Waals surface area contributed by atoms with Gasteiger partial charge in [0.15, 0.2) is 0 Å². The molecule has 0 amide bonds. The lowest BCUT2D eigenvalue weighted by Crippen LogP contribution is -2.48. The van der Waals surface area contributed by atoms with Crippen LogP contribution < -0.4 is 0 Å². The summed E-state index contributed by atoms with van der Waals surface area (Å²) in [6.45, 7) is 3.49. The first kappa shape index (κ1) is 17.3. The number of likely N-dealkylation sites (tertiary alicyclic amines) is 2. The fraction of sp³-hybridized carbons (Fsp3) is 1.00. The summed E-state index contributed by atoms with van der Waals surface area (Å²) in [6.07, 6.45) is 13.8. The van der Waals surface area contributed by atoms with Crippen LogP contribution in [0.5, 0.6) is 0 Å². The first-order valence-corrected chi connectivity index (χ1v) is 10.5. The molecule has 4 fully saturated rings. The van der Waals surface area contributed by atoms with Crippen molar-refractivity contribution in [1.29, 1.82) is 0 Å². The number of aliphatic hydroxyl groups is 2. The fourth-order valence-corrected chi connectivity index (χ4v) is 6.00. The summed E-state index contributed by atoms with van der Waals surface area (Å²) in [7, 11) is 0. The molecule has 2 aliphatic heterocycles. The molecule has 0 aromatic rings. The largest absolute Gasteiger partial charge is 0.391 e. The molecule has 4 rings (SSSR count). The Bertz CT molecular complexity index is 420. The molecule has 3 unspecified atom stereocenters. The number of hydrogen-bond acceptors (Lipinski definition) is 4. The zero-order chi connectivity index (χ0) is 16.6. The van der Waals surface area contributed by atoms with Crippen LogP contribution in [0, 0.1) is 5.92 Å². The van der Waals surface area contributed by atoms with Crippen LogP contribution in [0.1, 0.15) is 70.6 Å². The van der Waals surface area contributed by atoms with E-state index in [0.717, 1.165) is 32.6 Å². The summed E-state index contributed by atoms with van der Waals surface area (Å²) < 4.78 is 0. The number of β-amino-alcohol motifs (C(OH)–C–C–N with tert-alkyl or cyclic N) is 2. The second-order valence-electron chi connectivity index (χ2n) is 9.04. The molecular weight excluding hydrogens is 300 g/mol. The maximum atomic E-state index is 11.4. The molecule has 0 aromatic carbocycles. The molecule has 4 heteroatoms. The van der Waals surface area contributed by atoms with Gasteiger partial charge in [0.25, 0.3) is 0 Å². The zero-order valence-corrected chi connectivity index (χ0v) is 15.2. The van der Waals surface area contributed by atoms with Gasteiger partial charge in [-0.3, -0.25) is 9.80 Å². The van der Waals surface area contributed by atoms with Gasteiger partial charge in [-0.15, -0.1) is 0 Å². The van der Waals surface area contributed by atoms with Crippen LogP contribution in [-0.2, 0) is 0 Å². The normalized spacial score (nSPS) is 41.2. The first-order valence-electron chi connectivity index (χ1n) is 10.5. The van der Waals surface area contributed by atoms with Crippen LogP contribution in [0.15, 0.2) is 0 Å². The van der Waals surface area contributed by atoms with Crippen molar-refractivity contribution < 1.29 is 10.2 Å². The summed E-state index contributed by atoms with van der Waals surface area (Å²) in [5.74, 6) is 0.0491. The Balaban J connectivity index is 1.37. The lowest BCUT2D eigenvalue weighted by Gasteiger charge is -2.36. The molecule has 2 heterocycles. The second kappa shape index (κ2) is 7.22. The molecule has 4 nitrogen and oxygen atoms in total. The van der Waals surface area contributed by atoms with Gasteiger partial charge in [-0.1, -0.05) is 38.5 Å². The molecule has 0 bridgehead atoms. The van der Waals surface area contributed by atoms with E-state index in [4.69, 9.17) is 0 Å². The highest BCUT2D eigenvalue weighted by atomic mass is 16.3. The van der Waals surface area contributed by atoms with E-state index >= 15 is 0 Å². The van der Waals surface area contributed by atoms with Gasteiger partial charge < -0.3 is 10.2 Å². The molecule has 2 saturated heterocycles. The van der Waals surface area contributed by atoms with E-state index in [-0.39, 0.29) is 12.0 Å². The molecule has 2 aliphatic carbocycles. The summed E-state index contributed by atoms with van der Waals surface area (Å²) in [5, 5.41) is 22.0. The third-order valence-corrected chi connectivity index (χ3v) is 7.50. The molecular formula is C20H36N2O2.